The zero-order valence-corrected chi connectivity index (χ0v) is 20.3. The average Bonchev–Trinajstić information content (AvgIpc) is 3.31. The molecule has 1 unspecified atom stereocenters. The van der Waals surface area contributed by atoms with Crippen molar-refractivity contribution < 1.29 is 18.3 Å². The Hall–Kier alpha value is -3.43. The van der Waals surface area contributed by atoms with Crippen LogP contribution in [-0.2, 0) is 21.2 Å². The molecule has 35 heavy (non-hydrogen) atoms. The molecule has 1 saturated heterocycles. The van der Waals surface area contributed by atoms with Crippen molar-refractivity contribution in [1.82, 2.24) is 19.6 Å². The Kier molecular flexibility index (Phi) is 6.21. The molecule has 5 rings (SSSR count). The highest BCUT2D eigenvalue weighted by atomic mass is 32.2. The van der Waals surface area contributed by atoms with Crippen LogP contribution in [0.3, 0.4) is 0 Å². The first-order valence-corrected chi connectivity index (χ1v) is 13.2. The number of aromatic hydroxyl groups is 1. The van der Waals surface area contributed by atoms with Crippen molar-refractivity contribution in [2.24, 2.45) is 5.92 Å². The minimum Gasteiger partial charge on any atom is -0.507 e. The third-order valence-electron chi connectivity index (χ3n) is 6.75. The molecule has 9 heteroatoms. The van der Waals surface area contributed by atoms with E-state index in [9.17, 15) is 18.3 Å². The number of likely N-dealkylation sites (tertiary alicyclic amines) is 1. The molecule has 4 aromatic rings. The maximum absolute atomic E-state index is 13.6. The van der Waals surface area contributed by atoms with Crippen molar-refractivity contribution >= 4 is 37.7 Å². The molecule has 0 aliphatic carbocycles. The fourth-order valence-electron chi connectivity index (χ4n) is 4.74. The number of carbonyl (C=O) groups excluding carboxylic acids is 1. The van der Waals surface area contributed by atoms with Gasteiger partial charge in [-0.1, -0.05) is 37.3 Å². The lowest BCUT2D eigenvalue weighted by Crippen LogP contribution is -2.51. The average molecular weight is 493 g/mol. The molecule has 1 aromatic heterocycles. The minimum absolute atomic E-state index is 0.0535. The van der Waals surface area contributed by atoms with Crippen molar-refractivity contribution in [2.75, 3.05) is 13.1 Å². The van der Waals surface area contributed by atoms with Crippen LogP contribution >= 0.6 is 0 Å². The van der Waals surface area contributed by atoms with E-state index in [0.717, 1.165) is 29.4 Å². The van der Waals surface area contributed by atoms with Gasteiger partial charge in [0.15, 0.2) is 0 Å². The molecule has 1 amide bonds. The van der Waals surface area contributed by atoms with Gasteiger partial charge in [-0.25, -0.2) is 13.4 Å². The van der Waals surface area contributed by atoms with Crippen molar-refractivity contribution in [2.45, 2.75) is 37.1 Å². The summed E-state index contributed by atoms with van der Waals surface area (Å²) < 4.78 is 29.9. The molecule has 1 aliphatic heterocycles. The lowest BCUT2D eigenvalue weighted by molar-refractivity contribution is -0.134. The molecular formula is C26H28N4O4S. The zero-order valence-electron chi connectivity index (χ0n) is 19.4. The molecule has 3 N–H and O–H groups in total. The third-order valence-corrected chi connectivity index (χ3v) is 8.26. The lowest BCUT2D eigenvalue weighted by Gasteiger charge is -2.33. The molecule has 1 atom stereocenters. The van der Waals surface area contributed by atoms with Gasteiger partial charge in [-0.05, 0) is 60.4 Å². The normalized spacial score (nSPS) is 16.1. The molecule has 2 heterocycles. The van der Waals surface area contributed by atoms with Gasteiger partial charge >= 0.3 is 0 Å². The Morgan fingerprint density at radius 3 is 2.69 bits per heavy atom. The number of aromatic nitrogens is 2. The number of fused-ring (bicyclic) bond motifs is 2. The SMILES string of the molecule is CC1CCN(C(=O)C(Cc2ccc3nc[nH]c3c2)NS(=O)(=O)c2cccc3cccc(O)c23)CC1. The number of rotatable bonds is 6. The summed E-state index contributed by atoms with van der Waals surface area (Å²) in [4.78, 5) is 22.6. The van der Waals surface area contributed by atoms with E-state index in [2.05, 4.69) is 21.6 Å². The molecular weight excluding hydrogens is 464 g/mol. The largest absolute Gasteiger partial charge is 0.507 e. The second-order valence-electron chi connectivity index (χ2n) is 9.27. The zero-order chi connectivity index (χ0) is 24.6. The van der Waals surface area contributed by atoms with Gasteiger partial charge < -0.3 is 15.0 Å². The number of aromatic amines is 1. The van der Waals surface area contributed by atoms with Gasteiger partial charge in [-0.15, -0.1) is 0 Å². The monoisotopic (exact) mass is 492 g/mol. The van der Waals surface area contributed by atoms with Crippen molar-refractivity contribution in [1.29, 1.82) is 0 Å². The van der Waals surface area contributed by atoms with Crippen LogP contribution in [0.1, 0.15) is 25.3 Å². The summed E-state index contributed by atoms with van der Waals surface area (Å²) in [5.41, 5.74) is 2.43. The lowest BCUT2D eigenvalue weighted by atomic mass is 9.98. The van der Waals surface area contributed by atoms with Gasteiger partial charge in [-0.3, -0.25) is 4.79 Å². The topological polar surface area (TPSA) is 115 Å². The summed E-state index contributed by atoms with van der Waals surface area (Å²) in [6.45, 7) is 3.37. The molecule has 3 aromatic carbocycles. The number of phenols is 1. The van der Waals surface area contributed by atoms with Gasteiger partial charge in [0.25, 0.3) is 0 Å². The maximum Gasteiger partial charge on any atom is 0.242 e. The summed E-state index contributed by atoms with van der Waals surface area (Å²) in [7, 11) is -4.13. The van der Waals surface area contributed by atoms with E-state index >= 15 is 0 Å². The van der Waals surface area contributed by atoms with E-state index in [4.69, 9.17) is 0 Å². The fraction of sp³-hybridized carbons (Fsp3) is 0.308. The van der Waals surface area contributed by atoms with E-state index in [1.54, 1.807) is 35.5 Å². The summed E-state index contributed by atoms with van der Waals surface area (Å²) in [6.07, 6.45) is 3.57. The summed E-state index contributed by atoms with van der Waals surface area (Å²) >= 11 is 0. The second-order valence-corrected chi connectivity index (χ2v) is 11.0. The summed E-state index contributed by atoms with van der Waals surface area (Å²) in [6, 6.07) is 14.3. The first-order chi connectivity index (χ1) is 16.8. The molecule has 8 nitrogen and oxygen atoms in total. The molecule has 182 valence electrons. The predicted molar refractivity (Wildman–Crippen MR) is 134 cm³/mol. The van der Waals surface area contributed by atoms with Gasteiger partial charge in [-0.2, -0.15) is 4.72 Å². The number of sulfonamides is 1. The van der Waals surface area contributed by atoms with Gasteiger partial charge in [0.05, 0.1) is 22.3 Å². The number of carbonyl (C=O) groups is 1. The number of hydrogen-bond acceptors (Lipinski definition) is 5. The molecule has 0 spiro atoms. The molecule has 1 aliphatic rings. The van der Waals surface area contributed by atoms with Crippen LogP contribution in [0.2, 0.25) is 0 Å². The fourth-order valence-corrected chi connectivity index (χ4v) is 6.17. The molecule has 0 saturated carbocycles. The second kappa shape index (κ2) is 9.31. The number of benzene rings is 3. The highest BCUT2D eigenvalue weighted by Crippen LogP contribution is 2.31. The Bertz CT molecular complexity index is 1480. The third kappa shape index (κ3) is 4.74. The number of hydrogen-bond donors (Lipinski definition) is 3. The van der Waals surface area contributed by atoms with Crippen molar-refractivity contribution in [3.05, 3.63) is 66.5 Å². The van der Waals surface area contributed by atoms with E-state index in [0.29, 0.717) is 24.4 Å². The quantitative estimate of drug-likeness (QED) is 0.381. The highest BCUT2D eigenvalue weighted by Gasteiger charge is 2.32. The number of imidazole rings is 1. The van der Waals surface area contributed by atoms with Crippen molar-refractivity contribution in [3.8, 4) is 5.75 Å². The Morgan fingerprint density at radius 2 is 1.91 bits per heavy atom. The van der Waals surface area contributed by atoms with Crippen LogP contribution < -0.4 is 4.72 Å². The maximum atomic E-state index is 13.6. The number of nitrogens with zero attached hydrogens (tertiary/aromatic N) is 2. The Labute approximate surface area is 204 Å². The number of amides is 1. The Morgan fingerprint density at radius 1 is 1.17 bits per heavy atom. The van der Waals surface area contributed by atoms with Crippen LogP contribution in [0.15, 0.2) is 65.8 Å². The van der Waals surface area contributed by atoms with E-state index < -0.39 is 16.1 Å². The number of piperidine rings is 1. The van der Waals surface area contributed by atoms with Gasteiger partial charge in [0, 0.05) is 18.5 Å². The van der Waals surface area contributed by atoms with Crippen LogP contribution in [0.5, 0.6) is 5.75 Å². The number of H-pyrrole nitrogens is 1. The van der Waals surface area contributed by atoms with Crippen LogP contribution in [0.25, 0.3) is 21.8 Å². The van der Waals surface area contributed by atoms with Crippen LogP contribution in [-0.4, -0.2) is 53.4 Å². The van der Waals surface area contributed by atoms with E-state index in [-0.39, 0.29) is 28.4 Å². The summed E-state index contributed by atoms with van der Waals surface area (Å²) in [5, 5.41) is 11.3. The van der Waals surface area contributed by atoms with Crippen LogP contribution in [0, 0.1) is 5.92 Å². The molecule has 1 fully saturated rings. The van der Waals surface area contributed by atoms with E-state index in [1.807, 2.05) is 18.2 Å². The highest BCUT2D eigenvalue weighted by molar-refractivity contribution is 7.89. The van der Waals surface area contributed by atoms with E-state index in [1.165, 1.54) is 12.1 Å². The predicted octanol–water partition coefficient (Wildman–Crippen LogP) is 3.57. The Balaban J connectivity index is 1.50. The number of nitrogens with one attached hydrogen (secondary N) is 2. The standard InChI is InChI=1S/C26H28N4O4S/c1-17-10-12-30(13-11-17)26(32)22(15-18-8-9-20-21(14-18)28-16-27-20)29-35(33,34)24-7-3-5-19-4-2-6-23(31)25(19)24/h2-9,14,16-17,22,29,31H,10-13,15H2,1H3,(H,27,28). The van der Waals surface area contributed by atoms with Gasteiger partial charge in [0.2, 0.25) is 15.9 Å². The minimum atomic E-state index is -4.13. The smallest absolute Gasteiger partial charge is 0.242 e. The molecule has 0 bridgehead atoms. The van der Waals surface area contributed by atoms with Crippen LogP contribution in [0.4, 0.5) is 0 Å². The first kappa shape index (κ1) is 23.3. The van der Waals surface area contributed by atoms with Gasteiger partial charge in [0.1, 0.15) is 11.8 Å². The molecule has 0 radical (unpaired) electrons. The first-order valence-electron chi connectivity index (χ1n) is 11.8. The summed E-state index contributed by atoms with van der Waals surface area (Å²) in [5.74, 6) is 0.173. The number of phenolic OH excluding ortho intramolecular Hbond substituents is 1. The van der Waals surface area contributed by atoms with Crippen molar-refractivity contribution in [3.63, 3.8) is 0 Å².